The van der Waals surface area contributed by atoms with Crippen molar-refractivity contribution in [3.8, 4) is 5.75 Å². The van der Waals surface area contributed by atoms with Gasteiger partial charge in [0.25, 0.3) is 5.91 Å². The van der Waals surface area contributed by atoms with Crippen LogP contribution in [0.3, 0.4) is 0 Å². The summed E-state index contributed by atoms with van der Waals surface area (Å²) in [5.41, 5.74) is 1.68. The van der Waals surface area contributed by atoms with Gasteiger partial charge in [0.15, 0.2) is 0 Å². The average molecular weight is 479 g/mol. The molecule has 0 radical (unpaired) electrons. The Bertz CT molecular complexity index is 1120. The first-order chi connectivity index (χ1) is 16.8. The SMILES string of the molecule is COc1ccccc1[C@@H]1CN(Cc2ccc(C)o2)C[C@@H]1CN(CC(C)C)C(=O)c1ccc(F)cc1. The van der Waals surface area contributed by atoms with E-state index in [4.69, 9.17) is 9.15 Å². The Labute approximate surface area is 207 Å². The molecule has 5 nitrogen and oxygen atoms in total. The van der Waals surface area contributed by atoms with Crippen LogP contribution in [0.15, 0.2) is 65.1 Å². The van der Waals surface area contributed by atoms with Crippen molar-refractivity contribution in [3.05, 3.63) is 89.1 Å². The smallest absolute Gasteiger partial charge is 0.253 e. The lowest BCUT2D eigenvalue weighted by Gasteiger charge is -2.30. The highest BCUT2D eigenvalue weighted by atomic mass is 19.1. The number of rotatable bonds is 9. The highest BCUT2D eigenvalue weighted by Crippen LogP contribution is 2.38. The summed E-state index contributed by atoms with van der Waals surface area (Å²) in [4.78, 5) is 17.8. The molecule has 2 atom stereocenters. The molecule has 35 heavy (non-hydrogen) atoms. The van der Waals surface area contributed by atoms with Gasteiger partial charge >= 0.3 is 0 Å². The van der Waals surface area contributed by atoms with Crippen molar-refractivity contribution in [1.82, 2.24) is 9.80 Å². The number of likely N-dealkylation sites (tertiary alicyclic amines) is 1. The summed E-state index contributed by atoms with van der Waals surface area (Å²) in [6.45, 7) is 9.86. The standard InChI is InChI=1S/C29H35FN2O3/c1-20(2)15-32(29(33)22-10-12-24(30)13-11-22)17-23-16-31(18-25-14-9-21(3)35-25)19-27(23)26-7-5-6-8-28(26)34-4/h5-14,20,23,27H,15-19H2,1-4H3/t23-,27-/m1/s1. The molecular formula is C29H35FN2O3. The summed E-state index contributed by atoms with van der Waals surface area (Å²) in [6, 6.07) is 18.0. The lowest BCUT2D eigenvalue weighted by molar-refractivity contribution is 0.0702. The maximum absolute atomic E-state index is 13.5. The molecule has 0 saturated carbocycles. The highest BCUT2D eigenvalue weighted by molar-refractivity contribution is 5.94. The normalized spacial score (nSPS) is 18.2. The van der Waals surface area contributed by atoms with Gasteiger partial charge in [-0.05, 0) is 66.8 Å². The van der Waals surface area contributed by atoms with Crippen LogP contribution in [0.2, 0.25) is 0 Å². The fourth-order valence-electron chi connectivity index (χ4n) is 5.13. The summed E-state index contributed by atoms with van der Waals surface area (Å²) in [5, 5.41) is 0. The van der Waals surface area contributed by atoms with E-state index in [2.05, 4.69) is 24.8 Å². The number of furan rings is 1. The largest absolute Gasteiger partial charge is 0.496 e. The number of hydrogen-bond acceptors (Lipinski definition) is 4. The van der Waals surface area contributed by atoms with Crippen molar-refractivity contribution in [1.29, 1.82) is 0 Å². The predicted molar refractivity (Wildman–Crippen MR) is 135 cm³/mol. The first kappa shape index (κ1) is 25.0. The molecule has 0 bridgehead atoms. The number of halogens is 1. The summed E-state index contributed by atoms with van der Waals surface area (Å²) in [6.07, 6.45) is 0. The summed E-state index contributed by atoms with van der Waals surface area (Å²) in [7, 11) is 1.70. The van der Waals surface area contributed by atoms with Crippen LogP contribution in [0.1, 0.15) is 47.2 Å². The maximum atomic E-state index is 13.5. The van der Waals surface area contributed by atoms with Gasteiger partial charge in [0, 0.05) is 37.7 Å². The van der Waals surface area contributed by atoms with Crippen LogP contribution in [0.25, 0.3) is 0 Å². The van der Waals surface area contributed by atoms with Crippen molar-refractivity contribution in [2.45, 2.75) is 33.2 Å². The number of aryl methyl sites for hydroxylation is 1. The molecule has 6 heteroatoms. The monoisotopic (exact) mass is 478 g/mol. The summed E-state index contributed by atoms with van der Waals surface area (Å²) < 4.78 is 25.0. The number of nitrogens with zero attached hydrogens (tertiary/aromatic N) is 2. The van der Waals surface area contributed by atoms with Crippen LogP contribution >= 0.6 is 0 Å². The quantitative estimate of drug-likeness (QED) is 0.393. The second-order valence-corrected chi connectivity index (χ2v) is 9.93. The van der Waals surface area contributed by atoms with Gasteiger partial charge in [0.1, 0.15) is 23.1 Å². The molecule has 1 fully saturated rings. The molecule has 1 saturated heterocycles. The average Bonchev–Trinajstić information content (AvgIpc) is 3.43. The molecule has 0 N–H and O–H groups in total. The first-order valence-corrected chi connectivity index (χ1v) is 12.3. The highest BCUT2D eigenvalue weighted by Gasteiger charge is 2.37. The fraction of sp³-hybridized carbons (Fsp3) is 0.414. The van der Waals surface area contributed by atoms with E-state index in [0.29, 0.717) is 24.6 Å². The molecule has 2 aromatic carbocycles. The van der Waals surface area contributed by atoms with Crippen LogP contribution in [-0.4, -0.2) is 49.0 Å². The molecule has 3 aromatic rings. The Morgan fingerprint density at radius 3 is 2.51 bits per heavy atom. The Hall–Kier alpha value is -3.12. The molecule has 0 aliphatic carbocycles. The van der Waals surface area contributed by atoms with E-state index in [-0.39, 0.29) is 23.6 Å². The van der Waals surface area contributed by atoms with Crippen molar-refractivity contribution >= 4 is 5.91 Å². The Morgan fingerprint density at radius 2 is 1.86 bits per heavy atom. The predicted octanol–water partition coefficient (Wildman–Crippen LogP) is 5.75. The van der Waals surface area contributed by atoms with Crippen LogP contribution in [0.4, 0.5) is 4.39 Å². The van der Waals surface area contributed by atoms with Gasteiger partial charge in [-0.25, -0.2) is 4.39 Å². The zero-order valence-electron chi connectivity index (χ0n) is 21.0. The van der Waals surface area contributed by atoms with Gasteiger partial charge < -0.3 is 14.1 Å². The van der Waals surface area contributed by atoms with Crippen LogP contribution < -0.4 is 4.74 Å². The van der Waals surface area contributed by atoms with E-state index < -0.39 is 0 Å². The van der Waals surface area contributed by atoms with E-state index >= 15 is 0 Å². The number of carbonyl (C=O) groups excluding carboxylic acids is 1. The summed E-state index contributed by atoms with van der Waals surface area (Å²) >= 11 is 0. The van der Waals surface area contributed by atoms with Crippen molar-refractivity contribution < 1.29 is 18.3 Å². The molecular weight excluding hydrogens is 443 g/mol. The molecule has 0 spiro atoms. The number of amides is 1. The molecule has 1 amide bonds. The van der Waals surface area contributed by atoms with Gasteiger partial charge in [0.2, 0.25) is 0 Å². The van der Waals surface area contributed by atoms with Gasteiger partial charge in [-0.2, -0.15) is 0 Å². The van der Waals surface area contributed by atoms with E-state index in [1.807, 2.05) is 42.2 Å². The van der Waals surface area contributed by atoms with Crippen molar-refractivity contribution in [3.63, 3.8) is 0 Å². The van der Waals surface area contributed by atoms with Crippen LogP contribution in [0.5, 0.6) is 5.75 Å². The Morgan fingerprint density at radius 1 is 1.11 bits per heavy atom. The molecule has 0 unspecified atom stereocenters. The van der Waals surface area contributed by atoms with Crippen LogP contribution in [0, 0.1) is 24.6 Å². The molecule has 186 valence electrons. The van der Waals surface area contributed by atoms with Gasteiger partial charge in [0.05, 0.1) is 13.7 Å². The number of carbonyl (C=O) groups is 1. The minimum atomic E-state index is -0.340. The van der Waals surface area contributed by atoms with Crippen LogP contribution in [-0.2, 0) is 6.54 Å². The number of hydrogen-bond donors (Lipinski definition) is 0. The second-order valence-electron chi connectivity index (χ2n) is 9.93. The molecule has 4 rings (SSSR count). The topological polar surface area (TPSA) is 45.9 Å². The minimum absolute atomic E-state index is 0.0578. The molecule has 1 aromatic heterocycles. The van der Waals surface area contributed by atoms with E-state index in [0.717, 1.165) is 42.5 Å². The molecule has 2 heterocycles. The number of para-hydroxylation sites is 1. The summed E-state index contributed by atoms with van der Waals surface area (Å²) in [5.74, 6) is 3.06. The lowest BCUT2D eigenvalue weighted by Crippen LogP contribution is -2.39. The van der Waals surface area contributed by atoms with Crippen molar-refractivity contribution in [2.75, 3.05) is 33.3 Å². The molecule has 1 aliphatic rings. The fourth-order valence-corrected chi connectivity index (χ4v) is 5.13. The van der Waals surface area contributed by atoms with Gasteiger partial charge in [-0.1, -0.05) is 32.0 Å². The van der Waals surface area contributed by atoms with Gasteiger partial charge in [-0.15, -0.1) is 0 Å². The first-order valence-electron chi connectivity index (χ1n) is 12.3. The number of ether oxygens (including phenoxy) is 1. The number of benzene rings is 2. The third-order valence-corrected chi connectivity index (χ3v) is 6.65. The third-order valence-electron chi connectivity index (χ3n) is 6.65. The van der Waals surface area contributed by atoms with E-state index in [1.165, 1.54) is 12.1 Å². The Balaban J connectivity index is 1.61. The van der Waals surface area contributed by atoms with E-state index in [9.17, 15) is 9.18 Å². The molecule has 1 aliphatic heterocycles. The Kier molecular flexibility index (Phi) is 7.91. The van der Waals surface area contributed by atoms with Crippen molar-refractivity contribution in [2.24, 2.45) is 11.8 Å². The van der Waals surface area contributed by atoms with Gasteiger partial charge in [-0.3, -0.25) is 9.69 Å². The minimum Gasteiger partial charge on any atom is -0.496 e. The number of methoxy groups -OCH3 is 1. The maximum Gasteiger partial charge on any atom is 0.253 e. The zero-order valence-corrected chi connectivity index (χ0v) is 21.0. The third kappa shape index (κ3) is 6.12. The lowest BCUT2D eigenvalue weighted by atomic mass is 9.87. The van der Waals surface area contributed by atoms with E-state index in [1.54, 1.807) is 19.2 Å². The zero-order chi connectivity index (χ0) is 24.9. The second kappa shape index (κ2) is 11.1.